The van der Waals surface area contributed by atoms with Gasteiger partial charge >= 0.3 is 0 Å². The second-order valence-corrected chi connectivity index (χ2v) is 2.10. The molecule has 1 saturated heterocycles. The van der Waals surface area contributed by atoms with E-state index in [0.29, 0.717) is 0 Å². The van der Waals surface area contributed by atoms with Crippen molar-refractivity contribution in [3.8, 4) is 0 Å². The lowest BCUT2D eigenvalue weighted by atomic mass is 9.89. The molecule has 0 saturated carbocycles. The summed E-state index contributed by atoms with van der Waals surface area (Å²) in [5.74, 6) is 0.935. The fourth-order valence-electron chi connectivity index (χ4n) is 0.799. The third kappa shape index (κ3) is 0.746. The molecule has 1 N–H and O–H groups in total. The molecule has 34 valence electrons. The van der Waals surface area contributed by atoms with Gasteiger partial charge < -0.3 is 5.23 Å². The molecule has 1 unspecified atom stereocenters. The van der Waals surface area contributed by atoms with Gasteiger partial charge in [0.1, 0.15) is 0 Å². The van der Waals surface area contributed by atoms with Crippen molar-refractivity contribution in [1.29, 1.82) is 0 Å². The second kappa shape index (κ2) is 1.65. The smallest absolute Gasteiger partial charge is 0.201 e. The summed E-state index contributed by atoms with van der Waals surface area (Å²) in [6.45, 7) is 3.51. The van der Waals surface area contributed by atoms with E-state index in [1.807, 2.05) is 0 Å². The van der Waals surface area contributed by atoms with Crippen molar-refractivity contribution in [1.82, 2.24) is 5.23 Å². The summed E-state index contributed by atoms with van der Waals surface area (Å²) in [7, 11) is 1.24. The highest BCUT2D eigenvalue weighted by molar-refractivity contribution is 6.33. The maximum absolute atomic E-state index is 3.27. The first-order valence-electron chi connectivity index (χ1n) is 2.60. The predicted octanol–water partition coefficient (Wildman–Crippen LogP) is -0.00450. The van der Waals surface area contributed by atoms with Gasteiger partial charge in [-0.3, -0.25) is 0 Å². The molecule has 0 radical (unpaired) electrons. The quantitative estimate of drug-likeness (QED) is 0.406. The summed E-state index contributed by atoms with van der Waals surface area (Å²) < 4.78 is 0. The van der Waals surface area contributed by atoms with Crippen molar-refractivity contribution in [2.45, 2.75) is 13.2 Å². The van der Waals surface area contributed by atoms with Crippen LogP contribution in [0, 0.1) is 5.92 Å². The van der Waals surface area contributed by atoms with Crippen LogP contribution in [0.3, 0.4) is 0 Å². The first-order valence-corrected chi connectivity index (χ1v) is 2.60. The van der Waals surface area contributed by atoms with Crippen LogP contribution in [-0.4, -0.2) is 14.0 Å². The molecular formula is C4H10BN. The molecule has 0 aromatic heterocycles. The molecule has 1 fully saturated rings. The molecule has 0 amide bonds. The molecule has 1 heterocycles. The minimum absolute atomic E-state index is 0.935. The molecule has 0 spiro atoms. The maximum atomic E-state index is 3.27. The van der Waals surface area contributed by atoms with Crippen LogP contribution in [0.4, 0.5) is 0 Å². The molecule has 1 aliphatic rings. The van der Waals surface area contributed by atoms with Crippen molar-refractivity contribution < 1.29 is 0 Å². The molecule has 0 aliphatic carbocycles. The second-order valence-electron chi connectivity index (χ2n) is 2.10. The van der Waals surface area contributed by atoms with Crippen LogP contribution in [0.1, 0.15) is 6.92 Å². The average molecular weight is 82.9 g/mol. The first-order chi connectivity index (χ1) is 2.89. The minimum Gasteiger partial charge on any atom is -0.358 e. The highest BCUT2D eigenvalue weighted by Gasteiger charge is 2.07. The van der Waals surface area contributed by atoms with Crippen molar-refractivity contribution in [2.24, 2.45) is 5.92 Å². The number of nitrogens with one attached hydrogen (secondary N) is 1. The van der Waals surface area contributed by atoms with Gasteiger partial charge in [-0.1, -0.05) is 13.2 Å². The minimum atomic E-state index is 0.935. The number of hydrogen-bond donors (Lipinski definition) is 1. The predicted molar refractivity (Wildman–Crippen MR) is 29.1 cm³/mol. The van der Waals surface area contributed by atoms with Gasteiger partial charge in [0.25, 0.3) is 0 Å². The van der Waals surface area contributed by atoms with Crippen molar-refractivity contribution >= 4 is 7.41 Å². The summed E-state index contributed by atoms with van der Waals surface area (Å²) in [6, 6.07) is 0. The number of hydrogen-bond acceptors (Lipinski definition) is 1. The lowest BCUT2D eigenvalue weighted by Gasteiger charge is -1.91. The fourth-order valence-corrected chi connectivity index (χ4v) is 0.799. The van der Waals surface area contributed by atoms with E-state index in [2.05, 4.69) is 12.2 Å². The van der Waals surface area contributed by atoms with Gasteiger partial charge in [0, 0.05) is 0 Å². The SMILES string of the molecule is CC1CBNC1. The molecular weight excluding hydrogens is 72.9 g/mol. The standard InChI is InChI=1S/C4H10BN/c1-4-2-5-6-3-4/h4-6H,2-3H2,1H3. The molecule has 2 heteroatoms. The van der Waals surface area contributed by atoms with Gasteiger partial charge in [-0.25, -0.2) is 0 Å². The highest BCUT2D eigenvalue weighted by Crippen LogP contribution is 2.02. The normalized spacial score (nSPS) is 33.2. The summed E-state index contributed by atoms with van der Waals surface area (Å²) in [5, 5.41) is 3.27. The zero-order chi connectivity index (χ0) is 4.41. The average Bonchev–Trinajstić information content (AvgIpc) is 1.86. The molecule has 0 bridgehead atoms. The summed E-state index contributed by atoms with van der Waals surface area (Å²) >= 11 is 0. The summed E-state index contributed by atoms with van der Waals surface area (Å²) in [6.07, 6.45) is 1.38. The van der Waals surface area contributed by atoms with Crippen LogP contribution in [-0.2, 0) is 0 Å². The van der Waals surface area contributed by atoms with Crippen LogP contribution in [0.15, 0.2) is 0 Å². The number of rotatable bonds is 0. The Hall–Kier alpha value is 0.0249. The highest BCUT2D eigenvalue weighted by atomic mass is 14.8. The Balaban J connectivity index is 2.18. The molecule has 1 rings (SSSR count). The lowest BCUT2D eigenvalue weighted by Crippen LogP contribution is -2.09. The Morgan fingerprint density at radius 3 is 2.83 bits per heavy atom. The third-order valence-electron chi connectivity index (χ3n) is 1.31. The summed E-state index contributed by atoms with van der Waals surface area (Å²) in [4.78, 5) is 0. The molecule has 1 atom stereocenters. The largest absolute Gasteiger partial charge is 0.358 e. The van der Waals surface area contributed by atoms with Crippen molar-refractivity contribution in [2.75, 3.05) is 6.54 Å². The zero-order valence-electron chi connectivity index (χ0n) is 4.20. The molecule has 0 aromatic carbocycles. The van der Waals surface area contributed by atoms with E-state index < -0.39 is 0 Å². The zero-order valence-corrected chi connectivity index (χ0v) is 4.20. The van der Waals surface area contributed by atoms with E-state index in [1.165, 1.54) is 20.3 Å². The monoisotopic (exact) mass is 83.1 g/mol. The van der Waals surface area contributed by atoms with Crippen molar-refractivity contribution in [3.05, 3.63) is 0 Å². The Morgan fingerprint density at radius 2 is 2.67 bits per heavy atom. The van der Waals surface area contributed by atoms with Gasteiger partial charge in [-0.05, 0) is 12.5 Å². The van der Waals surface area contributed by atoms with Gasteiger partial charge in [0.05, 0.1) is 0 Å². The topological polar surface area (TPSA) is 12.0 Å². The molecule has 0 aromatic rings. The van der Waals surface area contributed by atoms with E-state index in [9.17, 15) is 0 Å². The lowest BCUT2D eigenvalue weighted by molar-refractivity contribution is 0.679. The molecule has 6 heavy (non-hydrogen) atoms. The van der Waals surface area contributed by atoms with Gasteiger partial charge in [-0.2, -0.15) is 0 Å². The fraction of sp³-hybridized carbons (Fsp3) is 1.00. The Bertz CT molecular complexity index is 40.8. The van der Waals surface area contributed by atoms with E-state index in [1.54, 1.807) is 0 Å². The van der Waals surface area contributed by atoms with Crippen LogP contribution >= 0.6 is 0 Å². The van der Waals surface area contributed by atoms with E-state index >= 15 is 0 Å². The Labute approximate surface area is 39.4 Å². The van der Waals surface area contributed by atoms with E-state index in [0.717, 1.165) is 5.92 Å². The Morgan fingerprint density at radius 1 is 1.83 bits per heavy atom. The summed E-state index contributed by atoms with van der Waals surface area (Å²) in [5.41, 5.74) is 0. The molecule has 1 aliphatic heterocycles. The van der Waals surface area contributed by atoms with Crippen molar-refractivity contribution in [3.63, 3.8) is 0 Å². The van der Waals surface area contributed by atoms with Gasteiger partial charge in [0.2, 0.25) is 7.41 Å². The van der Waals surface area contributed by atoms with Crippen LogP contribution in [0.2, 0.25) is 6.32 Å². The van der Waals surface area contributed by atoms with Crippen LogP contribution < -0.4 is 5.23 Å². The van der Waals surface area contributed by atoms with Gasteiger partial charge in [0.15, 0.2) is 0 Å². The van der Waals surface area contributed by atoms with Gasteiger partial charge in [-0.15, -0.1) is 0 Å². The van der Waals surface area contributed by atoms with Crippen LogP contribution in [0.25, 0.3) is 0 Å². The third-order valence-corrected chi connectivity index (χ3v) is 1.31. The Kier molecular flexibility index (Phi) is 1.15. The van der Waals surface area contributed by atoms with Crippen LogP contribution in [0.5, 0.6) is 0 Å². The van der Waals surface area contributed by atoms with E-state index in [-0.39, 0.29) is 0 Å². The first kappa shape index (κ1) is 4.19. The maximum Gasteiger partial charge on any atom is 0.201 e. The molecule has 1 nitrogen and oxygen atoms in total. The van der Waals surface area contributed by atoms with E-state index in [4.69, 9.17) is 0 Å².